The molecule has 7 nitrogen and oxygen atoms in total. The molecule has 0 unspecified atom stereocenters. The van der Waals surface area contributed by atoms with E-state index >= 15 is 0 Å². The van der Waals surface area contributed by atoms with Gasteiger partial charge in [-0.05, 0) is 92.8 Å². The first-order valence-electron chi connectivity index (χ1n) is 21.0. The number of nitrogens with one attached hydrogen (secondary N) is 2. The molecule has 0 radical (unpaired) electrons. The van der Waals surface area contributed by atoms with Crippen molar-refractivity contribution >= 4 is 69.7 Å². The predicted molar refractivity (Wildman–Crippen MR) is 244 cm³/mol. The molecule has 2 amide bonds. The van der Waals surface area contributed by atoms with Crippen LogP contribution < -0.4 is 10.7 Å². The fraction of sp³-hybridized carbons (Fsp3) is 0.306. The molecule has 0 atom stereocenters. The minimum atomic E-state index is -0.0590. The van der Waals surface area contributed by atoms with Gasteiger partial charge in [0.1, 0.15) is 0 Å². The van der Waals surface area contributed by atoms with Crippen LogP contribution >= 0.6 is 35.1 Å². The van der Waals surface area contributed by atoms with Crippen molar-refractivity contribution < 1.29 is 9.59 Å². The van der Waals surface area contributed by atoms with E-state index in [-0.39, 0.29) is 11.8 Å². The number of halogens is 1. The van der Waals surface area contributed by atoms with E-state index in [1.807, 2.05) is 66.7 Å². The predicted octanol–water partition coefficient (Wildman–Crippen LogP) is 12.5. The number of piperidine rings is 1. The number of benzene rings is 5. The summed E-state index contributed by atoms with van der Waals surface area (Å²) in [5.41, 5.74) is 11.6. The van der Waals surface area contributed by atoms with Crippen molar-refractivity contribution in [2.75, 3.05) is 19.6 Å². The molecule has 0 aromatic heterocycles. The Bertz CT molecular complexity index is 2370. The number of hydrazine groups is 1. The van der Waals surface area contributed by atoms with Crippen molar-refractivity contribution in [3.8, 4) is 0 Å². The summed E-state index contributed by atoms with van der Waals surface area (Å²) >= 11 is 9.53. The monoisotopic (exact) mass is 839 g/mol. The molecule has 5 aromatic carbocycles. The van der Waals surface area contributed by atoms with Gasteiger partial charge in [-0.1, -0.05) is 123 Å². The molecule has 3 aliphatic heterocycles. The summed E-state index contributed by atoms with van der Waals surface area (Å²) in [6.07, 6.45) is 11.9. The van der Waals surface area contributed by atoms with Gasteiger partial charge in [0.15, 0.2) is 0 Å². The zero-order valence-corrected chi connectivity index (χ0v) is 35.9. The average Bonchev–Trinajstić information content (AvgIpc) is 3.55. The zero-order chi connectivity index (χ0) is 40.6. The standard InChI is InChI=1S/C25H29N3OS.C24H21ClN2OS/c29-25(27-28-15-7-2-8-16-28)19-13-14-23-21(17-19)26-24(18-9-3-1-4-10-18)20-11-5-6-12-22(20)30-23;1-2-3-14-26-24(28)17-10-13-22-20(15-17)27-23(16-8-11-18(25)12-9-16)19-6-4-5-7-21(19)29-22/h5-6,11-14,17-18H,1-4,7-10,15-16H2,(H,27,29);4-13,15H,2-3,14H2,1H3,(H,26,28). The molecule has 9 rings (SSSR count). The summed E-state index contributed by atoms with van der Waals surface area (Å²) in [5.74, 6) is 0.425. The molecule has 2 N–H and O–H groups in total. The fourth-order valence-electron chi connectivity index (χ4n) is 8.00. The minimum absolute atomic E-state index is 0.0270. The van der Waals surface area contributed by atoms with Crippen LogP contribution in [0.25, 0.3) is 0 Å². The van der Waals surface area contributed by atoms with Crippen LogP contribution in [0.1, 0.15) is 109 Å². The van der Waals surface area contributed by atoms with Crippen molar-refractivity contribution in [2.45, 2.75) is 90.7 Å². The summed E-state index contributed by atoms with van der Waals surface area (Å²) in [6.45, 7) is 4.67. The Balaban J connectivity index is 0.000000164. The van der Waals surface area contributed by atoms with Gasteiger partial charge in [0.2, 0.25) is 0 Å². The molecule has 0 spiro atoms. The van der Waals surface area contributed by atoms with Crippen LogP contribution in [0.5, 0.6) is 0 Å². The largest absolute Gasteiger partial charge is 0.352 e. The fourth-order valence-corrected chi connectivity index (χ4v) is 10.1. The highest BCUT2D eigenvalue weighted by Gasteiger charge is 2.26. The number of carbonyl (C=O) groups excluding carboxylic acids is 2. The van der Waals surface area contributed by atoms with Crippen LogP contribution in [0.4, 0.5) is 11.4 Å². The Kier molecular flexibility index (Phi) is 13.6. The van der Waals surface area contributed by atoms with E-state index in [2.05, 4.69) is 65.1 Å². The Morgan fingerprint density at radius 1 is 0.678 bits per heavy atom. The molecule has 3 heterocycles. The Morgan fingerprint density at radius 2 is 1.27 bits per heavy atom. The van der Waals surface area contributed by atoms with E-state index in [9.17, 15) is 9.59 Å². The number of hydrogen-bond donors (Lipinski definition) is 2. The van der Waals surface area contributed by atoms with Crippen molar-refractivity contribution in [3.63, 3.8) is 0 Å². The van der Waals surface area contributed by atoms with Gasteiger partial charge in [0.25, 0.3) is 11.8 Å². The maximum atomic E-state index is 12.9. The number of unbranched alkanes of at least 4 members (excludes halogenated alkanes) is 1. The first-order chi connectivity index (χ1) is 28.9. The molecule has 59 heavy (non-hydrogen) atoms. The van der Waals surface area contributed by atoms with Crippen LogP contribution in [-0.4, -0.2) is 47.9 Å². The summed E-state index contributed by atoms with van der Waals surface area (Å²) in [7, 11) is 0. The van der Waals surface area contributed by atoms with E-state index in [1.54, 1.807) is 23.5 Å². The second-order valence-electron chi connectivity index (χ2n) is 15.5. The highest BCUT2D eigenvalue weighted by atomic mass is 35.5. The molecule has 10 heteroatoms. The third kappa shape index (κ3) is 10.0. The van der Waals surface area contributed by atoms with E-state index in [0.29, 0.717) is 28.6 Å². The lowest BCUT2D eigenvalue weighted by Crippen LogP contribution is -2.45. The lowest BCUT2D eigenvalue weighted by molar-refractivity contribution is 0.0749. The number of fused-ring (bicyclic) bond motifs is 4. The van der Waals surface area contributed by atoms with E-state index < -0.39 is 0 Å². The van der Waals surface area contributed by atoms with Gasteiger partial charge in [0.05, 0.1) is 22.8 Å². The molecule has 1 saturated carbocycles. The molecule has 1 saturated heterocycles. The zero-order valence-electron chi connectivity index (χ0n) is 33.5. The van der Waals surface area contributed by atoms with Gasteiger partial charge in [0, 0.05) is 78.0 Å². The van der Waals surface area contributed by atoms with E-state index in [0.717, 1.165) is 81.7 Å². The average molecular weight is 841 g/mol. The Hall–Kier alpha value is -4.67. The molecule has 2 fully saturated rings. The van der Waals surface area contributed by atoms with Crippen LogP contribution in [0, 0.1) is 5.92 Å². The maximum Gasteiger partial charge on any atom is 0.265 e. The van der Waals surface area contributed by atoms with Gasteiger partial charge in [-0.2, -0.15) is 0 Å². The van der Waals surface area contributed by atoms with Crippen molar-refractivity contribution in [2.24, 2.45) is 15.9 Å². The number of amides is 2. The quantitative estimate of drug-likeness (QED) is 0.149. The molecule has 1 aliphatic carbocycles. The molecular formula is C49H50ClN5O2S2. The van der Waals surface area contributed by atoms with Gasteiger partial charge >= 0.3 is 0 Å². The van der Waals surface area contributed by atoms with Gasteiger partial charge in [-0.15, -0.1) is 0 Å². The van der Waals surface area contributed by atoms with Crippen LogP contribution in [0.3, 0.4) is 0 Å². The topological polar surface area (TPSA) is 86.2 Å². The lowest BCUT2D eigenvalue weighted by atomic mass is 9.83. The Labute approximate surface area is 361 Å². The summed E-state index contributed by atoms with van der Waals surface area (Å²) < 4.78 is 0. The van der Waals surface area contributed by atoms with Crippen molar-refractivity contribution in [3.05, 3.63) is 142 Å². The number of hydrogen-bond acceptors (Lipinski definition) is 7. The van der Waals surface area contributed by atoms with Crippen molar-refractivity contribution in [1.82, 2.24) is 15.8 Å². The van der Waals surface area contributed by atoms with Gasteiger partial charge < -0.3 is 5.32 Å². The van der Waals surface area contributed by atoms with Crippen LogP contribution in [0.15, 0.2) is 139 Å². The third-order valence-electron chi connectivity index (χ3n) is 11.2. The SMILES string of the molecule is CCCCNC(=O)c1ccc2c(c1)N=C(c1ccc(Cl)cc1)c1ccccc1S2.O=C(NN1CCCCC1)c1ccc2c(c1)N=C(C1CCCCC1)c1ccccc1S2. The van der Waals surface area contributed by atoms with Crippen LogP contribution in [0.2, 0.25) is 5.02 Å². The van der Waals surface area contributed by atoms with Gasteiger partial charge in [-0.3, -0.25) is 20.0 Å². The lowest BCUT2D eigenvalue weighted by Gasteiger charge is -2.26. The molecule has 0 bridgehead atoms. The van der Waals surface area contributed by atoms with E-state index in [1.165, 1.54) is 54.7 Å². The first kappa shape index (κ1) is 41.1. The third-order valence-corrected chi connectivity index (χ3v) is 13.7. The minimum Gasteiger partial charge on any atom is -0.352 e. The number of aliphatic imine (C=N–C) groups is 2. The molecule has 5 aromatic rings. The molecular weight excluding hydrogens is 790 g/mol. The number of rotatable bonds is 8. The van der Waals surface area contributed by atoms with Gasteiger partial charge in [-0.25, -0.2) is 10.0 Å². The second kappa shape index (κ2) is 19.6. The highest BCUT2D eigenvalue weighted by Crippen LogP contribution is 2.44. The summed E-state index contributed by atoms with van der Waals surface area (Å²) in [6, 6.07) is 36.3. The smallest absolute Gasteiger partial charge is 0.265 e. The normalized spacial score (nSPS) is 16.2. The van der Waals surface area contributed by atoms with Crippen LogP contribution in [-0.2, 0) is 0 Å². The summed E-state index contributed by atoms with van der Waals surface area (Å²) in [4.78, 5) is 40.2. The van der Waals surface area contributed by atoms with E-state index in [4.69, 9.17) is 21.6 Å². The first-order valence-corrected chi connectivity index (χ1v) is 23.0. The number of nitrogens with zero attached hydrogens (tertiary/aromatic N) is 3. The maximum absolute atomic E-state index is 12.9. The van der Waals surface area contributed by atoms with Crippen molar-refractivity contribution in [1.29, 1.82) is 0 Å². The molecule has 4 aliphatic rings. The highest BCUT2D eigenvalue weighted by molar-refractivity contribution is 7.99. The second-order valence-corrected chi connectivity index (χ2v) is 18.1. The molecule has 302 valence electrons. The number of carbonyl (C=O) groups is 2. The summed E-state index contributed by atoms with van der Waals surface area (Å²) in [5, 5.41) is 5.73. The Morgan fingerprint density at radius 3 is 1.95 bits per heavy atom.